The average Bonchev–Trinajstić information content (AvgIpc) is 2.29. The Hall–Kier alpha value is -0.980. The molecule has 0 aliphatic heterocycles. The summed E-state index contributed by atoms with van der Waals surface area (Å²) in [4.78, 5) is 0. The van der Waals surface area contributed by atoms with E-state index < -0.39 is 0 Å². The third-order valence-electron chi connectivity index (χ3n) is 5.28. The van der Waals surface area contributed by atoms with Gasteiger partial charge in [-0.15, -0.1) is 0 Å². The van der Waals surface area contributed by atoms with Gasteiger partial charge in [0.25, 0.3) is 0 Å². The Kier molecular flexibility index (Phi) is 3.81. The minimum atomic E-state index is 0.814. The lowest BCUT2D eigenvalue weighted by Crippen LogP contribution is -2.19. The van der Waals surface area contributed by atoms with Crippen molar-refractivity contribution < 1.29 is 4.74 Å². The summed E-state index contributed by atoms with van der Waals surface area (Å²) in [5, 5.41) is 0. The molecule has 0 N–H and O–H groups in total. The predicted octanol–water partition coefficient (Wildman–Crippen LogP) is 4.82. The van der Waals surface area contributed by atoms with Crippen LogP contribution in [0.4, 0.5) is 0 Å². The van der Waals surface area contributed by atoms with E-state index in [4.69, 9.17) is 4.74 Å². The number of hydrogen-bond donors (Lipinski definition) is 0. The molecule has 0 aromatic heterocycles. The summed E-state index contributed by atoms with van der Waals surface area (Å²) in [6.07, 6.45) is 9.68. The summed E-state index contributed by atoms with van der Waals surface area (Å²) in [5.74, 6) is 2.87. The van der Waals surface area contributed by atoms with Gasteiger partial charge in [-0.1, -0.05) is 31.7 Å². The molecule has 0 spiro atoms. The normalized spacial score (nSPS) is 19.9. The lowest BCUT2D eigenvalue weighted by molar-refractivity contribution is 0.179. The molecule has 2 saturated carbocycles. The van der Waals surface area contributed by atoms with Crippen LogP contribution in [-0.2, 0) is 6.42 Å². The molecule has 2 fully saturated rings. The van der Waals surface area contributed by atoms with Crippen molar-refractivity contribution in [1.82, 2.24) is 0 Å². The van der Waals surface area contributed by atoms with Crippen molar-refractivity contribution in [2.24, 2.45) is 11.8 Å². The molecule has 1 aromatic carbocycles. The quantitative estimate of drug-likeness (QED) is 0.735. The number of benzene rings is 1. The van der Waals surface area contributed by atoms with Crippen LogP contribution in [0.1, 0.15) is 55.2 Å². The summed E-state index contributed by atoms with van der Waals surface area (Å²) in [6.45, 7) is 5.40. The lowest BCUT2D eigenvalue weighted by Gasteiger charge is -2.27. The fraction of sp³-hybridized carbons (Fsp3) is 0.667. The molecule has 1 aromatic rings. The third-order valence-corrected chi connectivity index (χ3v) is 5.28. The van der Waals surface area contributed by atoms with Crippen LogP contribution in [0, 0.1) is 25.7 Å². The van der Waals surface area contributed by atoms with E-state index in [-0.39, 0.29) is 0 Å². The van der Waals surface area contributed by atoms with Gasteiger partial charge >= 0.3 is 0 Å². The molecule has 0 amide bonds. The minimum Gasteiger partial charge on any atom is -0.493 e. The molecule has 0 radical (unpaired) electrons. The van der Waals surface area contributed by atoms with Gasteiger partial charge in [0.05, 0.1) is 6.61 Å². The molecule has 1 nitrogen and oxygen atoms in total. The maximum Gasteiger partial charge on any atom is 0.122 e. The van der Waals surface area contributed by atoms with Crippen LogP contribution in [0.3, 0.4) is 0 Å². The van der Waals surface area contributed by atoms with E-state index in [1.807, 2.05) is 0 Å². The maximum absolute atomic E-state index is 6.02. The van der Waals surface area contributed by atoms with Gasteiger partial charge < -0.3 is 4.74 Å². The summed E-state index contributed by atoms with van der Waals surface area (Å²) < 4.78 is 6.02. The molecule has 0 saturated heterocycles. The largest absolute Gasteiger partial charge is 0.493 e. The zero-order valence-electron chi connectivity index (χ0n) is 12.4. The van der Waals surface area contributed by atoms with Crippen molar-refractivity contribution in [2.75, 3.05) is 6.61 Å². The van der Waals surface area contributed by atoms with Gasteiger partial charge in [0.2, 0.25) is 0 Å². The highest BCUT2D eigenvalue weighted by molar-refractivity contribution is 5.43. The first-order valence-corrected chi connectivity index (χ1v) is 7.96. The molecule has 1 heteroatoms. The fourth-order valence-electron chi connectivity index (χ4n) is 3.10. The Morgan fingerprint density at radius 3 is 2.21 bits per heavy atom. The minimum absolute atomic E-state index is 0.814. The van der Waals surface area contributed by atoms with Crippen molar-refractivity contribution in [3.05, 3.63) is 28.8 Å². The third kappa shape index (κ3) is 2.80. The summed E-state index contributed by atoms with van der Waals surface area (Å²) in [7, 11) is 0. The Labute approximate surface area is 117 Å². The van der Waals surface area contributed by atoms with Gasteiger partial charge in [-0.3, -0.25) is 0 Å². The van der Waals surface area contributed by atoms with Crippen molar-refractivity contribution in [1.29, 1.82) is 0 Å². The van der Waals surface area contributed by atoms with Gasteiger partial charge in [0.1, 0.15) is 5.75 Å². The first-order valence-electron chi connectivity index (χ1n) is 7.96. The molecule has 3 rings (SSSR count). The van der Waals surface area contributed by atoms with E-state index in [1.165, 1.54) is 61.6 Å². The second-order valence-electron chi connectivity index (χ2n) is 6.58. The van der Waals surface area contributed by atoms with Gasteiger partial charge in [-0.25, -0.2) is 0 Å². The molecular formula is C18H26O. The summed E-state index contributed by atoms with van der Waals surface area (Å²) in [6, 6.07) is 4.51. The van der Waals surface area contributed by atoms with Crippen LogP contribution in [0.2, 0.25) is 0 Å². The van der Waals surface area contributed by atoms with E-state index in [1.54, 1.807) is 0 Å². The molecule has 104 valence electrons. The highest BCUT2D eigenvalue weighted by Crippen LogP contribution is 2.33. The van der Waals surface area contributed by atoms with Crippen molar-refractivity contribution in [3.63, 3.8) is 0 Å². The van der Waals surface area contributed by atoms with Crippen LogP contribution in [0.5, 0.6) is 5.75 Å². The number of rotatable bonds is 5. The molecule has 0 heterocycles. The van der Waals surface area contributed by atoms with E-state index in [2.05, 4.69) is 26.0 Å². The number of hydrogen-bond acceptors (Lipinski definition) is 1. The van der Waals surface area contributed by atoms with Gasteiger partial charge in [-0.2, -0.15) is 0 Å². The zero-order chi connectivity index (χ0) is 13.2. The predicted molar refractivity (Wildman–Crippen MR) is 79.8 cm³/mol. The second kappa shape index (κ2) is 5.56. The Bertz CT molecular complexity index is 441. The van der Waals surface area contributed by atoms with Crippen LogP contribution < -0.4 is 4.74 Å². The van der Waals surface area contributed by atoms with Crippen LogP contribution >= 0.6 is 0 Å². The highest BCUT2D eigenvalue weighted by Gasteiger charge is 2.20. The molecule has 2 aliphatic carbocycles. The van der Waals surface area contributed by atoms with Crippen LogP contribution in [0.25, 0.3) is 0 Å². The van der Waals surface area contributed by atoms with Gasteiger partial charge in [0, 0.05) is 0 Å². The highest BCUT2D eigenvalue weighted by atomic mass is 16.5. The lowest BCUT2D eigenvalue weighted by atomic mass is 9.80. The monoisotopic (exact) mass is 258 g/mol. The summed E-state index contributed by atoms with van der Waals surface area (Å²) >= 11 is 0. The molecule has 0 bridgehead atoms. The fourth-order valence-corrected chi connectivity index (χ4v) is 3.10. The molecule has 0 atom stereocenters. The van der Waals surface area contributed by atoms with Crippen LogP contribution in [-0.4, -0.2) is 6.61 Å². The van der Waals surface area contributed by atoms with E-state index in [9.17, 15) is 0 Å². The average molecular weight is 258 g/mol. The van der Waals surface area contributed by atoms with Crippen LogP contribution in [0.15, 0.2) is 12.1 Å². The molecule has 0 unspecified atom stereocenters. The topological polar surface area (TPSA) is 9.23 Å². The Balaban J connectivity index is 1.65. The Morgan fingerprint density at radius 2 is 1.63 bits per heavy atom. The summed E-state index contributed by atoms with van der Waals surface area (Å²) in [5.41, 5.74) is 4.35. The molecular weight excluding hydrogens is 232 g/mol. The van der Waals surface area contributed by atoms with Crippen molar-refractivity contribution in [2.45, 2.75) is 58.8 Å². The number of ether oxygens (including phenoxy) is 1. The van der Waals surface area contributed by atoms with E-state index in [0.717, 1.165) is 24.2 Å². The van der Waals surface area contributed by atoms with E-state index in [0.29, 0.717) is 0 Å². The second-order valence-corrected chi connectivity index (χ2v) is 6.58. The molecule has 2 aliphatic rings. The van der Waals surface area contributed by atoms with Crippen molar-refractivity contribution in [3.8, 4) is 5.75 Å². The van der Waals surface area contributed by atoms with Crippen molar-refractivity contribution >= 4 is 0 Å². The standard InChI is InChI=1S/C18H26O/c1-13-14(2)18(19-12-16-7-4-8-16)10-9-17(13)11-15-5-3-6-15/h9-10,15-16H,3-8,11-12H2,1-2H3. The van der Waals surface area contributed by atoms with Gasteiger partial charge in [-0.05, 0) is 67.7 Å². The van der Waals surface area contributed by atoms with Gasteiger partial charge in [0.15, 0.2) is 0 Å². The smallest absolute Gasteiger partial charge is 0.122 e. The first kappa shape index (κ1) is 13.0. The zero-order valence-corrected chi connectivity index (χ0v) is 12.4. The molecule has 19 heavy (non-hydrogen) atoms. The Morgan fingerprint density at radius 1 is 0.947 bits per heavy atom. The first-order chi connectivity index (χ1) is 9.24. The maximum atomic E-state index is 6.02. The SMILES string of the molecule is Cc1c(CC2CCC2)ccc(OCC2CCC2)c1C. The van der Waals surface area contributed by atoms with E-state index >= 15 is 0 Å².